The summed E-state index contributed by atoms with van der Waals surface area (Å²) in [4.78, 5) is 36.2. The first-order valence-electron chi connectivity index (χ1n) is 12.1. The van der Waals surface area contributed by atoms with Crippen molar-refractivity contribution in [2.24, 2.45) is 4.99 Å². The van der Waals surface area contributed by atoms with Gasteiger partial charge >= 0.3 is 6.03 Å². The van der Waals surface area contributed by atoms with E-state index in [1.807, 2.05) is 12.1 Å². The van der Waals surface area contributed by atoms with E-state index in [9.17, 15) is 19.8 Å². The molecule has 4 rings (SSSR count). The average molecular weight is 478 g/mol. The highest BCUT2D eigenvalue weighted by molar-refractivity contribution is 6.44. The first-order chi connectivity index (χ1) is 17.0. The Balaban J connectivity index is 1.63. The van der Waals surface area contributed by atoms with Crippen molar-refractivity contribution >= 4 is 28.9 Å². The number of rotatable bonds is 8. The molecule has 0 radical (unpaired) electrons. The van der Waals surface area contributed by atoms with Crippen molar-refractivity contribution in [2.45, 2.75) is 38.0 Å². The molecule has 3 amide bonds. The van der Waals surface area contributed by atoms with Crippen molar-refractivity contribution in [3.8, 4) is 0 Å². The lowest BCUT2D eigenvalue weighted by Crippen LogP contribution is -2.53. The van der Waals surface area contributed by atoms with E-state index >= 15 is 0 Å². The van der Waals surface area contributed by atoms with Gasteiger partial charge in [-0.15, -0.1) is 4.99 Å². The predicted octanol–water partition coefficient (Wildman–Crippen LogP) is 2.99. The van der Waals surface area contributed by atoms with Gasteiger partial charge in [-0.25, -0.2) is 4.79 Å². The SMILES string of the molecule is [C-]#[N+]C1=CCC(C(=O)Nc2ccc(C3CN(CCO)C(=O)N(CCO)C3)cc2C2=CCCCC2)=N1. The van der Waals surface area contributed by atoms with Gasteiger partial charge in [0.15, 0.2) is 5.71 Å². The van der Waals surface area contributed by atoms with Gasteiger partial charge in [-0.2, -0.15) is 0 Å². The monoisotopic (exact) mass is 477 g/mol. The molecule has 3 N–H and O–H groups in total. The van der Waals surface area contributed by atoms with Gasteiger partial charge in [0.25, 0.3) is 11.7 Å². The van der Waals surface area contributed by atoms with Crippen molar-refractivity contribution < 1.29 is 19.8 Å². The molecular formula is C26H31N5O4. The third-order valence-electron chi connectivity index (χ3n) is 6.67. The second kappa shape index (κ2) is 11.3. The molecule has 1 aliphatic carbocycles. The van der Waals surface area contributed by atoms with Crippen molar-refractivity contribution in [1.82, 2.24) is 9.80 Å². The lowest BCUT2D eigenvalue weighted by molar-refractivity contribution is -0.110. The normalized spacial score (nSPS) is 18.7. The van der Waals surface area contributed by atoms with Crippen molar-refractivity contribution in [3.63, 3.8) is 0 Å². The lowest BCUT2D eigenvalue weighted by atomic mass is 9.88. The fourth-order valence-electron chi connectivity index (χ4n) is 4.87. The number of amides is 3. The molecule has 0 unspecified atom stereocenters. The standard InChI is InChI=1S/C26H31N5O4/c1-27-24-10-9-23(28-24)25(34)29-22-8-7-19(15-21(22)18-5-3-2-4-6-18)20-16-30(11-13-32)26(35)31(17-20)12-14-33/h5,7-8,10,15,20,32-33H,2-4,6,9,11-14,16-17H2,(H,29,34). The molecule has 0 bridgehead atoms. The van der Waals surface area contributed by atoms with Gasteiger partial charge in [-0.3, -0.25) is 4.79 Å². The average Bonchev–Trinajstić information content (AvgIpc) is 3.37. The summed E-state index contributed by atoms with van der Waals surface area (Å²) in [6.45, 7) is 8.29. The summed E-state index contributed by atoms with van der Waals surface area (Å²) in [6.07, 6.45) is 8.36. The summed E-state index contributed by atoms with van der Waals surface area (Å²) in [7, 11) is 0. The van der Waals surface area contributed by atoms with Crippen LogP contribution < -0.4 is 5.32 Å². The Morgan fingerprint density at radius 1 is 1.14 bits per heavy atom. The number of nitrogens with zero attached hydrogens (tertiary/aromatic N) is 4. The van der Waals surface area contributed by atoms with Gasteiger partial charge in [0.2, 0.25) is 0 Å². The highest BCUT2D eigenvalue weighted by Gasteiger charge is 2.32. The number of hydrogen-bond acceptors (Lipinski definition) is 5. The maximum absolute atomic E-state index is 12.9. The minimum atomic E-state index is -0.309. The number of aliphatic hydroxyl groups is 2. The van der Waals surface area contributed by atoms with E-state index in [1.54, 1.807) is 15.9 Å². The number of β-amino-alcohol motifs (C(OH)–C–C–N with tert-alkyl or cyclic N) is 2. The minimum absolute atomic E-state index is 0.00289. The van der Waals surface area contributed by atoms with Crippen molar-refractivity contribution in [2.75, 3.05) is 44.7 Å². The molecule has 1 aromatic carbocycles. The zero-order valence-corrected chi connectivity index (χ0v) is 19.7. The summed E-state index contributed by atoms with van der Waals surface area (Å²) < 4.78 is 0. The van der Waals surface area contributed by atoms with Gasteiger partial charge in [0.05, 0.1) is 13.2 Å². The second-order valence-electron chi connectivity index (χ2n) is 8.99. The number of aliphatic imine (C=N–C) groups is 1. The fraction of sp³-hybridized carbons (Fsp3) is 0.462. The number of anilines is 1. The summed E-state index contributed by atoms with van der Waals surface area (Å²) in [5.41, 5.74) is 4.23. The van der Waals surface area contributed by atoms with Gasteiger partial charge in [-0.1, -0.05) is 24.8 Å². The molecule has 2 heterocycles. The number of benzene rings is 1. The van der Waals surface area contributed by atoms with E-state index in [4.69, 9.17) is 6.57 Å². The number of allylic oxidation sites excluding steroid dienone is 3. The molecule has 1 aromatic rings. The van der Waals surface area contributed by atoms with Crippen molar-refractivity contribution in [1.29, 1.82) is 0 Å². The molecule has 0 saturated carbocycles. The van der Waals surface area contributed by atoms with E-state index in [0.29, 0.717) is 30.9 Å². The summed E-state index contributed by atoms with van der Waals surface area (Å²) in [5.74, 6) is -0.0626. The highest BCUT2D eigenvalue weighted by Crippen LogP contribution is 2.35. The van der Waals surface area contributed by atoms with E-state index in [2.05, 4.69) is 27.3 Å². The zero-order chi connectivity index (χ0) is 24.8. The molecule has 0 atom stereocenters. The molecule has 2 aliphatic heterocycles. The van der Waals surface area contributed by atoms with Crippen LogP contribution in [0.1, 0.15) is 49.1 Å². The second-order valence-corrected chi connectivity index (χ2v) is 8.99. The molecule has 0 spiro atoms. The van der Waals surface area contributed by atoms with Crippen LogP contribution in [0.2, 0.25) is 0 Å². The number of nitrogens with one attached hydrogen (secondary N) is 1. The van der Waals surface area contributed by atoms with Crippen LogP contribution >= 0.6 is 0 Å². The molecule has 184 valence electrons. The van der Waals surface area contributed by atoms with Crippen LogP contribution in [0.3, 0.4) is 0 Å². The van der Waals surface area contributed by atoms with Crippen LogP contribution in [-0.4, -0.2) is 77.1 Å². The third-order valence-corrected chi connectivity index (χ3v) is 6.67. The molecule has 1 fully saturated rings. The lowest BCUT2D eigenvalue weighted by Gasteiger charge is -2.40. The largest absolute Gasteiger partial charge is 0.395 e. The molecule has 9 heteroatoms. The number of hydrogen-bond donors (Lipinski definition) is 3. The maximum Gasteiger partial charge on any atom is 0.320 e. The Bertz CT molecular complexity index is 1100. The Morgan fingerprint density at radius 2 is 1.89 bits per heavy atom. The molecular weight excluding hydrogens is 446 g/mol. The molecule has 9 nitrogen and oxygen atoms in total. The maximum atomic E-state index is 12.9. The van der Waals surface area contributed by atoms with E-state index in [0.717, 1.165) is 36.8 Å². The molecule has 1 saturated heterocycles. The number of aliphatic hydroxyl groups excluding tert-OH is 2. The summed E-state index contributed by atoms with van der Waals surface area (Å²) >= 11 is 0. The fourth-order valence-corrected chi connectivity index (χ4v) is 4.87. The summed E-state index contributed by atoms with van der Waals surface area (Å²) in [6, 6.07) is 5.80. The van der Waals surface area contributed by atoms with Gasteiger partial charge in [-0.05, 0) is 49.0 Å². The smallest absolute Gasteiger partial charge is 0.320 e. The molecule has 0 aromatic heterocycles. The van der Waals surface area contributed by atoms with Crippen LogP contribution in [0.25, 0.3) is 10.4 Å². The van der Waals surface area contributed by atoms with Crippen LogP contribution in [-0.2, 0) is 4.79 Å². The van der Waals surface area contributed by atoms with E-state index in [1.165, 1.54) is 5.57 Å². The Hall–Kier alpha value is -3.48. The Kier molecular flexibility index (Phi) is 7.95. The first-order valence-corrected chi connectivity index (χ1v) is 12.1. The number of urea groups is 1. The van der Waals surface area contributed by atoms with Crippen LogP contribution in [0, 0.1) is 6.57 Å². The Labute approximate surface area is 205 Å². The van der Waals surface area contributed by atoms with Gasteiger partial charge < -0.3 is 30.2 Å². The van der Waals surface area contributed by atoms with Crippen LogP contribution in [0.15, 0.2) is 41.2 Å². The first kappa shape index (κ1) is 24.6. The predicted molar refractivity (Wildman–Crippen MR) is 134 cm³/mol. The zero-order valence-electron chi connectivity index (χ0n) is 19.7. The van der Waals surface area contributed by atoms with E-state index in [-0.39, 0.29) is 50.0 Å². The van der Waals surface area contributed by atoms with Crippen LogP contribution in [0.4, 0.5) is 10.5 Å². The Morgan fingerprint density at radius 3 is 2.49 bits per heavy atom. The van der Waals surface area contributed by atoms with Gasteiger partial charge in [0, 0.05) is 49.8 Å². The topological polar surface area (TPSA) is 110 Å². The van der Waals surface area contributed by atoms with Crippen LogP contribution in [0.5, 0.6) is 0 Å². The summed E-state index contributed by atoms with van der Waals surface area (Å²) in [5, 5.41) is 21.9. The third kappa shape index (κ3) is 5.61. The van der Waals surface area contributed by atoms with Gasteiger partial charge in [0.1, 0.15) is 0 Å². The van der Waals surface area contributed by atoms with Crippen molar-refractivity contribution in [3.05, 3.63) is 58.7 Å². The number of carbonyl (C=O) groups is 2. The highest BCUT2D eigenvalue weighted by atomic mass is 16.3. The van der Waals surface area contributed by atoms with E-state index < -0.39 is 0 Å². The molecule has 3 aliphatic rings. The molecule has 35 heavy (non-hydrogen) atoms. The quantitative estimate of drug-likeness (QED) is 0.500. The minimum Gasteiger partial charge on any atom is -0.395 e. The number of carbonyl (C=O) groups excluding carboxylic acids is 2.